The van der Waals surface area contributed by atoms with Crippen molar-refractivity contribution in [1.82, 2.24) is 0 Å². The summed E-state index contributed by atoms with van der Waals surface area (Å²) in [6, 6.07) is 31.1. The second kappa shape index (κ2) is 10.8. The largest absolute Gasteiger partial charge is 0.494 e. The third-order valence-electron chi connectivity index (χ3n) is 8.57. The molecule has 39 heavy (non-hydrogen) atoms. The summed E-state index contributed by atoms with van der Waals surface area (Å²) in [6.07, 6.45) is 11.3. The second-order valence-electron chi connectivity index (χ2n) is 11.1. The minimum absolute atomic E-state index is 0.782. The summed E-state index contributed by atoms with van der Waals surface area (Å²) < 4.78 is 12.7. The Bertz CT molecular complexity index is 1430. The van der Waals surface area contributed by atoms with E-state index >= 15 is 0 Å². The van der Waals surface area contributed by atoms with E-state index < -0.39 is 0 Å². The average molecular weight is 513 g/mol. The first-order chi connectivity index (χ1) is 19.4. The molecule has 0 saturated carbocycles. The van der Waals surface area contributed by atoms with Crippen molar-refractivity contribution in [2.45, 2.75) is 57.8 Å². The highest BCUT2D eigenvalue weighted by Gasteiger charge is 2.32. The van der Waals surface area contributed by atoms with Crippen LogP contribution in [-0.4, -0.2) is 13.2 Å². The zero-order valence-electron chi connectivity index (χ0n) is 22.7. The third kappa shape index (κ3) is 4.56. The van der Waals surface area contributed by atoms with Gasteiger partial charge in [0.05, 0.1) is 13.2 Å². The van der Waals surface area contributed by atoms with Gasteiger partial charge in [0.2, 0.25) is 0 Å². The Morgan fingerprint density at radius 2 is 0.692 bits per heavy atom. The standard InChI is InChI=1S/C37H36O2/c1-2-4-6-12-22-38-26-18-20-30-28-14-8-10-16-32(28)36(34(30)24-26)37-33-17-11-9-15-29(33)31-21-19-27(25-35(31)37)39-23-13-7-5-3-1/h8-11,14-21,24-25H,1-7,12-13,22-23H2/b37-36-. The monoisotopic (exact) mass is 512 g/mol. The predicted molar refractivity (Wildman–Crippen MR) is 161 cm³/mol. The first-order valence-corrected chi connectivity index (χ1v) is 14.9. The van der Waals surface area contributed by atoms with Crippen LogP contribution >= 0.6 is 0 Å². The molecule has 4 bridgehead atoms. The van der Waals surface area contributed by atoms with Crippen molar-refractivity contribution in [2.24, 2.45) is 0 Å². The molecule has 0 radical (unpaired) electrons. The van der Waals surface area contributed by atoms with Crippen LogP contribution in [-0.2, 0) is 0 Å². The summed E-state index contributed by atoms with van der Waals surface area (Å²) in [6.45, 7) is 1.56. The molecule has 0 atom stereocenters. The molecule has 1 aliphatic heterocycles. The lowest BCUT2D eigenvalue weighted by Crippen LogP contribution is -1.98. The molecule has 0 saturated heterocycles. The fraction of sp³-hybridized carbons (Fsp3) is 0.297. The van der Waals surface area contributed by atoms with Gasteiger partial charge >= 0.3 is 0 Å². The highest BCUT2D eigenvalue weighted by molar-refractivity contribution is 6.19. The molecule has 4 aromatic carbocycles. The number of hydrogen-bond donors (Lipinski definition) is 0. The minimum Gasteiger partial charge on any atom is -0.494 e. The molecule has 0 N–H and O–H groups in total. The lowest BCUT2D eigenvalue weighted by molar-refractivity contribution is 0.302. The van der Waals surface area contributed by atoms with Crippen molar-refractivity contribution in [3.63, 3.8) is 0 Å². The molecule has 7 rings (SSSR count). The van der Waals surface area contributed by atoms with Gasteiger partial charge in [-0.1, -0.05) is 106 Å². The van der Waals surface area contributed by atoms with E-state index in [1.165, 1.54) is 101 Å². The van der Waals surface area contributed by atoms with E-state index in [9.17, 15) is 0 Å². The lowest BCUT2D eigenvalue weighted by Gasteiger charge is -2.14. The van der Waals surface area contributed by atoms with E-state index in [2.05, 4.69) is 84.9 Å². The van der Waals surface area contributed by atoms with Gasteiger partial charge in [0.1, 0.15) is 11.5 Å². The summed E-state index contributed by atoms with van der Waals surface area (Å²) in [4.78, 5) is 0. The van der Waals surface area contributed by atoms with E-state index in [0.717, 1.165) is 37.6 Å². The van der Waals surface area contributed by atoms with E-state index in [1.807, 2.05) is 0 Å². The molecule has 2 heteroatoms. The highest BCUT2D eigenvalue weighted by Crippen LogP contribution is 2.55. The highest BCUT2D eigenvalue weighted by atomic mass is 16.5. The van der Waals surface area contributed by atoms with Gasteiger partial charge in [-0.3, -0.25) is 0 Å². The van der Waals surface area contributed by atoms with Gasteiger partial charge in [-0.25, -0.2) is 0 Å². The number of benzene rings is 4. The van der Waals surface area contributed by atoms with Crippen LogP contribution in [0.15, 0.2) is 84.9 Å². The Morgan fingerprint density at radius 1 is 0.333 bits per heavy atom. The molecule has 0 unspecified atom stereocenters. The maximum atomic E-state index is 6.33. The van der Waals surface area contributed by atoms with Gasteiger partial charge in [0, 0.05) is 0 Å². The molecule has 0 amide bonds. The van der Waals surface area contributed by atoms with Crippen molar-refractivity contribution >= 4 is 11.1 Å². The number of rotatable bonds is 0. The van der Waals surface area contributed by atoms with Crippen molar-refractivity contribution < 1.29 is 9.47 Å². The molecule has 0 spiro atoms. The Hall–Kier alpha value is -3.78. The fourth-order valence-electron chi connectivity index (χ4n) is 6.63. The number of hydrogen-bond acceptors (Lipinski definition) is 2. The van der Waals surface area contributed by atoms with Crippen LogP contribution in [0.1, 0.15) is 80.0 Å². The van der Waals surface area contributed by atoms with Gasteiger partial charge in [-0.2, -0.15) is 0 Å². The molecule has 0 aromatic heterocycles. The van der Waals surface area contributed by atoms with Crippen LogP contribution in [0, 0.1) is 0 Å². The van der Waals surface area contributed by atoms with E-state index in [0.29, 0.717) is 0 Å². The van der Waals surface area contributed by atoms with E-state index in [1.54, 1.807) is 0 Å². The number of fused-ring (bicyclic) bond motifs is 8. The van der Waals surface area contributed by atoms with Crippen LogP contribution in [0.4, 0.5) is 0 Å². The van der Waals surface area contributed by atoms with Gasteiger partial charge < -0.3 is 9.47 Å². The lowest BCUT2D eigenvalue weighted by atomic mass is 9.91. The smallest absolute Gasteiger partial charge is 0.119 e. The maximum Gasteiger partial charge on any atom is 0.119 e. The van der Waals surface area contributed by atoms with Crippen LogP contribution in [0.3, 0.4) is 0 Å². The summed E-state index contributed by atoms with van der Waals surface area (Å²) in [5.41, 5.74) is 12.9. The topological polar surface area (TPSA) is 18.5 Å². The average Bonchev–Trinajstić information content (AvgIpc) is 3.46. The van der Waals surface area contributed by atoms with E-state index in [4.69, 9.17) is 9.47 Å². The first-order valence-electron chi connectivity index (χ1n) is 14.9. The van der Waals surface area contributed by atoms with E-state index in [-0.39, 0.29) is 0 Å². The molecule has 3 aliphatic rings. The summed E-state index contributed by atoms with van der Waals surface area (Å²) in [5, 5.41) is 0. The summed E-state index contributed by atoms with van der Waals surface area (Å²) in [7, 11) is 0. The van der Waals surface area contributed by atoms with Crippen LogP contribution < -0.4 is 9.47 Å². The Kier molecular flexibility index (Phi) is 6.70. The van der Waals surface area contributed by atoms with Crippen molar-refractivity contribution in [3.8, 4) is 33.8 Å². The fourth-order valence-corrected chi connectivity index (χ4v) is 6.63. The quantitative estimate of drug-likeness (QED) is 0.202. The zero-order valence-corrected chi connectivity index (χ0v) is 22.7. The minimum atomic E-state index is 0.782. The molecule has 2 aliphatic carbocycles. The zero-order chi connectivity index (χ0) is 26.0. The van der Waals surface area contributed by atoms with Gasteiger partial charge in [-0.15, -0.1) is 0 Å². The van der Waals surface area contributed by atoms with Gasteiger partial charge in [0.15, 0.2) is 0 Å². The SMILES string of the molecule is c1ccc2c(c1)/C1=C3\c4ccccc4-c4ccc(cc43)OCCCCCCCCCCCOc3ccc-2c1c3. The third-order valence-corrected chi connectivity index (χ3v) is 8.57. The summed E-state index contributed by atoms with van der Waals surface area (Å²) in [5.74, 6) is 1.93. The van der Waals surface area contributed by atoms with Gasteiger partial charge in [-0.05, 0) is 92.8 Å². The molecular weight excluding hydrogens is 476 g/mol. The second-order valence-corrected chi connectivity index (χ2v) is 11.1. The van der Waals surface area contributed by atoms with Crippen LogP contribution in [0.5, 0.6) is 11.5 Å². The number of ether oxygens (including phenoxy) is 2. The molecule has 4 aromatic rings. The van der Waals surface area contributed by atoms with Crippen molar-refractivity contribution in [1.29, 1.82) is 0 Å². The normalized spacial score (nSPS) is 18.8. The Labute approximate surface area is 232 Å². The van der Waals surface area contributed by atoms with Crippen LogP contribution in [0.25, 0.3) is 33.4 Å². The van der Waals surface area contributed by atoms with Gasteiger partial charge in [0.25, 0.3) is 0 Å². The molecule has 2 nitrogen and oxygen atoms in total. The molecular formula is C37H36O2. The van der Waals surface area contributed by atoms with Crippen molar-refractivity contribution in [3.05, 3.63) is 107 Å². The molecule has 1 heterocycles. The first kappa shape index (κ1) is 24.3. The Balaban J connectivity index is 1.38. The molecule has 196 valence electrons. The molecule has 0 fully saturated rings. The Morgan fingerprint density at radius 3 is 1.13 bits per heavy atom. The van der Waals surface area contributed by atoms with Crippen molar-refractivity contribution in [2.75, 3.05) is 13.2 Å². The predicted octanol–water partition coefficient (Wildman–Crippen LogP) is 9.94. The summed E-state index contributed by atoms with van der Waals surface area (Å²) >= 11 is 0. The van der Waals surface area contributed by atoms with Crippen LogP contribution in [0.2, 0.25) is 0 Å². The maximum absolute atomic E-state index is 6.33.